The zero-order valence-corrected chi connectivity index (χ0v) is 19.4. The summed E-state index contributed by atoms with van der Waals surface area (Å²) in [6.45, 7) is 5.63. The lowest BCUT2D eigenvalue weighted by Gasteiger charge is -2.26. The molecule has 2 heterocycles. The minimum atomic E-state index is -0.475. The molecule has 0 spiro atoms. The third-order valence-corrected chi connectivity index (χ3v) is 6.41. The summed E-state index contributed by atoms with van der Waals surface area (Å²) in [6, 6.07) is 9.73. The first-order valence-electron chi connectivity index (χ1n) is 11.0. The normalized spacial score (nSPS) is 14.8. The zero-order chi connectivity index (χ0) is 23.6. The summed E-state index contributed by atoms with van der Waals surface area (Å²) in [5.41, 5.74) is 2.51. The molecule has 0 saturated heterocycles. The number of nitriles is 1. The minimum absolute atomic E-state index is 0.0599. The molecule has 4 rings (SSSR count). The third-order valence-electron chi connectivity index (χ3n) is 6.41. The van der Waals surface area contributed by atoms with E-state index in [-0.39, 0.29) is 12.5 Å². The molecule has 0 atom stereocenters. The number of methoxy groups -OCH3 is 1. The van der Waals surface area contributed by atoms with Crippen molar-refractivity contribution >= 4 is 11.7 Å². The molecule has 0 bridgehead atoms. The molecule has 2 aromatic heterocycles. The molecule has 172 valence electrons. The van der Waals surface area contributed by atoms with Gasteiger partial charge in [0.25, 0.3) is 0 Å². The fourth-order valence-electron chi connectivity index (χ4n) is 4.49. The SMILES string of the molecule is COc1ccc(-n2c(C)c(C)c(C#N)c2NC(=O)CNC2(c3noc(C)n3)CCCC2)cc1. The van der Waals surface area contributed by atoms with Crippen LogP contribution in [0.15, 0.2) is 28.8 Å². The first-order chi connectivity index (χ1) is 15.9. The molecule has 1 fully saturated rings. The average molecular weight is 449 g/mol. The third kappa shape index (κ3) is 4.22. The van der Waals surface area contributed by atoms with Crippen LogP contribution in [0.25, 0.3) is 5.69 Å². The summed E-state index contributed by atoms with van der Waals surface area (Å²) in [6.07, 6.45) is 3.73. The molecule has 33 heavy (non-hydrogen) atoms. The van der Waals surface area contributed by atoms with Gasteiger partial charge in [-0.1, -0.05) is 18.0 Å². The molecule has 3 aromatic rings. The summed E-state index contributed by atoms with van der Waals surface area (Å²) in [5.74, 6) is 2.04. The van der Waals surface area contributed by atoms with Crippen molar-refractivity contribution in [1.82, 2.24) is 20.0 Å². The maximum atomic E-state index is 13.0. The van der Waals surface area contributed by atoms with E-state index in [1.54, 1.807) is 14.0 Å². The van der Waals surface area contributed by atoms with Gasteiger partial charge in [-0.2, -0.15) is 10.2 Å². The van der Waals surface area contributed by atoms with Crippen LogP contribution in [0.5, 0.6) is 5.75 Å². The highest BCUT2D eigenvalue weighted by Crippen LogP contribution is 2.37. The van der Waals surface area contributed by atoms with E-state index in [1.165, 1.54) is 0 Å². The summed E-state index contributed by atoms with van der Waals surface area (Å²) >= 11 is 0. The summed E-state index contributed by atoms with van der Waals surface area (Å²) < 4.78 is 12.3. The number of anilines is 1. The van der Waals surface area contributed by atoms with E-state index in [2.05, 4.69) is 26.8 Å². The van der Waals surface area contributed by atoms with Crippen LogP contribution in [-0.4, -0.2) is 34.3 Å². The number of hydrogen-bond acceptors (Lipinski definition) is 7. The molecule has 0 unspecified atom stereocenters. The van der Waals surface area contributed by atoms with Gasteiger partial charge in [0.1, 0.15) is 17.6 Å². The van der Waals surface area contributed by atoms with Crippen LogP contribution in [0.4, 0.5) is 5.82 Å². The molecule has 1 aliphatic carbocycles. The molecule has 1 amide bonds. The van der Waals surface area contributed by atoms with Crippen molar-refractivity contribution in [2.45, 2.75) is 52.0 Å². The molecule has 1 aliphatic rings. The monoisotopic (exact) mass is 448 g/mol. The van der Waals surface area contributed by atoms with Gasteiger partial charge in [-0.15, -0.1) is 0 Å². The van der Waals surface area contributed by atoms with Gasteiger partial charge in [-0.3, -0.25) is 14.7 Å². The Labute approximate surface area is 192 Å². The van der Waals surface area contributed by atoms with Crippen LogP contribution in [0.3, 0.4) is 0 Å². The number of carbonyl (C=O) groups is 1. The number of amides is 1. The van der Waals surface area contributed by atoms with Gasteiger partial charge in [-0.05, 0) is 56.5 Å². The second-order valence-corrected chi connectivity index (χ2v) is 8.41. The van der Waals surface area contributed by atoms with Gasteiger partial charge in [0.15, 0.2) is 5.82 Å². The van der Waals surface area contributed by atoms with Gasteiger partial charge in [0, 0.05) is 18.3 Å². The van der Waals surface area contributed by atoms with Crippen molar-refractivity contribution in [3.05, 3.63) is 52.8 Å². The quantitative estimate of drug-likeness (QED) is 0.566. The van der Waals surface area contributed by atoms with Crippen LogP contribution >= 0.6 is 0 Å². The Morgan fingerprint density at radius 3 is 2.52 bits per heavy atom. The van der Waals surface area contributed by atoms with Crippen molar-refractivity contribution < 1.29 is 14.1 Å². The maximum Gasteiger partial charge on any atom is 0.239 e. The number of rotatable bonds is 7. The summed E-state index contributed by atoms with van der Waals surface area (Å²) in [5, 5.41) is 20.2. The molecule has 0 radical (unpaired) electrons. The summed E-state index contributed by atoms with van der Waals surface area (Å²) in [4.78, 5) is 17.4. The Hall–Kier alpha value is -3.64. The van der Waals surface area contributed by atoms with Gasteiger partial charge in [0.2, 0.25) is 11.8 Å². The van der Waals surface area contributed by atoms with Gasteiger partial charge >= 0.3 is 0 Å². The van der Waals surface area contributed by atoms with E-state index >= 15 is 0 Å². The Morgan fingerprint density at radius 1 is 1.24 bits per heavy atom. The molecule has 2 N–H and O–H groups in total. The van der Waals surface area contributed by atoms with E-state index in [4.69, 9.17) is 9.26 Å². The summed E-state index contributed by atoms with van der Waals surface area (Å²) in [7, 11) is 1.61. The second kappa shape index (κ2) is 9.08. The molecular weight excluding hydrogens is 420 g/mol. The van der Waals surface area contributed by atoms with Crippen molar-refractivity contribution in [1.29, 1.82) is 5.26 Å². The van der Waals surface area contributed by atoms with Crippen molar-refractivity contribution in [2.24, 2.45) is 0 Å². The fraction of sp³-hybridized carbons (Fsp3) is 0.417. The first-order valence-corrected chi connectivity index (χ1v) is 11.0. The number of nitrogens with zero attached hydrogens (tertiary/aromatic N) is 4. The molecule has 1 aromatic carbocycles. The van der Waals surface area contributed by atoms with E-state index in [0.29, 0.717) is 23.1 Å². The highest BCUT2D eigenvalue weighted by Gasteiger charge is 2.40. The molecule has 0 aliphatic heterocycles. The van der Waals surface area contributed by atoms with E-state index in [9.17, 15) is 10.1 Å². The number of hydrogen-bond donors (Lipinski definition) is 2. The largest absolute Gasteiger partial charge is 0.497 e. The van der Waals surface area contributed by atoms with Crippen LogP contribution in [0.1, 0.15) is 54.2 Å². The molecule has 9 heteroatoms. The number of benzene rings is 1. The van der Waals surface area contributed by atoms with Gasteiger partial charge in [0.05, 0.1) is 24.8 Å². The lowest BCUT2D eigenvalue weighted by molar-refractivity contribution is -0.115. The second-order valence-electron chi connectivity index (χ2n) is 8.41. The number of ether oxygens (including phenoxy) is 1. The lowest BCUT2D eigenvalue weighted by atomic mass is 9.96. The number of aromatic nitrogens is 3. The van der Waals surface area contributed by atoms with E-state index in [1.807, 2.05) is 42.7 Å². The predicted octanol–water partition coefficient (Wildman–Crippen LogP) is 3.66. The lowest BCUT2D eigenvalue weighted by Crippen LogP contribution is -2.45. The fourth-order valence-corrected chi connectivity index (χ4v) is 4.49. The van der Waals surface area contributed by atoms with E-state index in [0.717, 1.165) is 48.4 Å². The predicted molar refractivity (Wildman–Crippen MR) is 122 cm³/mol. The van der Waals surface area contributed by atoms with Crippen molar-refractivity contribution in [3.8, 4) is 17.5 Å². The molecule has 1 saturated carbocycles. The van der Waals surface area contributed by atoms with Crippen molar-refractivity contribution in [3.63, 3.8) is 0 Å². The van der Waals surface area contributed by atoms with Crippen LogP contribution < -0.4 is 15.4 Å². The van der Waals surface area contributed by atoms with Crippen molar-refractivity contribution in [2.75, 3.05) is 19.0 Å². The topological polar surface area (TPSA) is 118 Å². The van der Waals surface area contributed by atoms with E-state index < -0.39 is 5.54 Å². The number of carbonyl (C=O) groups excluding carboxylic acids is 1. The highest BCUT2D eigenvalue weighted by atomic mass is 16.5. The Kier molecular flexibility index (Phi) is 6.20. The van der Waals surface area contributed by atoms with Crippen LogP contribution in [-0.2, 0) is 10.3 Å². The smallest absolute Gasteiger partial charge is 0.239 e. The molecular formula is C24H28N6O3. The number of nitrogens with one attached hydrogen (secondary N) is 2. The average Bonchev–Trinajstić information content (AvgIpc) is 3.53. The standard InChI is InChI=1S/C24H28N6O3/c1-15-16(2)30(18-7-9-19(32-4)10-8-18)22(20(15)13-25)28-21(31)14-26-24(11-5-6-12-24)23-27-17(3)33-29-23/h7-10,26H,5-6,11-12,14H2,1-4H3,(H,28,31). The zero-order valence-electron chi connectivity index (χ0n) is 19.4. The van der Waals surface area contributed by atoms with Gasteiger partial charge < -0.3 is 14.6 Å². The maximum absolute atomic E-state index is 13.0. The Bertz CT molecular complexity index is 1200. The van der Waals surface area contributed by atoms with Crippen LogP contribution in [0.2, 0.25) is 0 Å². The number of aryl methyl sites for hydroxylation is 1. The van der Waals surface area contributed by atoms with Gasteiger partial charge in [-0.25, -0.2) is 0 Å². The Morgan fingerprint density at radius 2 is 1.94 bits per heavy atom. The highest BCUT2D eigenvalue weighted by molar-refractivity contribution is 5.93. The molecule has 9 nitrogen and oxygen atoms in total. The van der Waals surface area contributed by atoms with Crippen LogP contribution in [0, 0.1) is 32.1 Å². The Balaban J connectivity index is 1.58. The first kappa shape index (κ1) is 22.6. The minimum Gasteiger partial charge on any atom is -0.497 e.